The van der Waals surface area contributed by atoms with Crippen molar-refractivity contribution in [1.29, 1.82) is 0 Å². The van der Waals surface area contributed by atoms with Crippen molar-refractivity contribution >= 4 is 17.5 Å². The molecular weight excluding hydrogens is 366 g/mol. The predicted molar refractivity (Wildman–Crippen MR) is 103 cm³/mol. The topological polar surface area (TPSA) is 77.2 Å². The lowest BCUT2D eigenvalue weighted by Gasteiger charge is -2.15. The van der Waals surface area contributed by atoms with E-state index in [0.717, 1.165) is 16.7 Å². The molecule has 0 spiro atoms. The highest BCUT2D eigenvalue weighted by Crippen LogP contribution is 2.19. The lowest BCUT2D eigenvalue weighted by Crippen LogP contribution is -2.36. The summed E-state index contributed by atoms with van der Waals surface area (Å²) in [5, 5.41) is 7.29. The Morgan fingerprint density at radius 3 is 2.52 bits per heavy atom. The number of carbonyl (C=O) groups is 1. The van der Waals surface area contributed by atoms with E-state index >= 15 is 0 Å². The number of amides is 1. The number of ether oxygens (including phenoxy) is 1. The van der Waals surface area contributed by atoms with Gasteiger partial charge >= 0.3 is 0 Å². The third-order valence-corrected chi connectivity index (χ3v) is 4.11. The molecule has 1 amide bonds. The standard InChI is InChI=1S/C20H20ClN3O3/c1-12-8-13(2)10-17(9-12)26-14(3)20(25)22-11-18-23-19(24-27-18)15-4-6-16(21)7-5-15/h4-10,14H,11H2,1-3H3,(H,22,25)/t14-/m0/s1. The number of hydrogen-bond donors (Lipinski definition) is 1. The predicted octanol–water partition coefficient (Wildman–Crippen LogP) is 4.09. The fourth-order valence-electron chi connectivity index (χ4n) is 2.61. The molecule has 2 aromatic carbocycles. The van der Waals surface area contributed by atoms with Crippen LogP contribution in [-0.2, 0) is 11.3 Å². The monoisotopic (exact) mass is 385 g/mol. The van der Waals surface area contributed by atoms with Gasteiger partial charge < -0.3 is 14.6 Å². The molecule has 0 aliphatic heterocycles. The number of carbonyl (C=O) groups excluding carboxylic acids is 1. The van der Waals surface area contributed by atoms with Crippen molar-refractivity contribution in [2.45, 2.75) is 33.4 Å². The Bertz CT molecular complexity index is 918. The number of rotatable bonds is 6. The smallest absolute Gasteiger partial charge is 0.261 e. The zero-order valence-electron chi connectivity index (χ0n) is 15.3. The van der Waals surface area contributed by atoms with Crippen LogP contribution in [0.1, 0.15) is 23.9 Å². The van der Waals surface area contributed by atoms with Gasteiger partial charge in [-0.25, -0.2) is 0 Å². The van der Waals surface area contributed by atoms with Crippen molar-refractivity contribution in [3.8, 4) is 17.1 Å². The quantitative estimate of drug-likeness (QED) is 0.691. The van der Waals surface area contributed by atoms with Gasteiger partial charge in [0.2, 0.25) is 11.7 Å². The third kappa shape index (κ3) is 5.08. The maximum atomic E-state index is 12.3. The van der Waals surface area contributed by atoms with E-state index in [1.807, 2.05) is 32.0 Å². The van der Waals surface area contributed by atoms with E-state index in [1.165, 1.54) is 0 Å². The minimum absolute atomic E-state index is 0.125. The van der Waals surface area contributed by atoms with Gasteiger partial charge in [0.05, 0.1) is 6.54 Å². The second-order valence-corrected chi connectivity index (χ2v) is 6.76. The molecule has 3 rings (SSSR count). The van der Waals surface area contributed by atoms with Crippen LogP contribution in [0.2, 0.25) is 5.02 Å². The molecule has 0 saturated heterocycles. The number of halogens is 1. The molecule has 1 atom stereocenters. The normalized spacial score (nSPS) is 11.9. The van der Waals surface area contributed by atoms with Gasteiger partial charge in [0.1, 0.15) is 5.75 Å². The van der Waals surface area contributed by atoms with Crippen LogP contribution in [0.5, 0.6) is 5.75 Å². The number of aromatic nitrogens is 2. The number of nitrogens with one attached hydrogen (secondary N) is 1. The number of nitrogens with zero attached hydrogens (tertiary/aromatic N) is 2. The molecule has 140 valence electrons. The summed E-state index contributed by atoms with van der Waals surface area (Å²) in [6.45, 7) is 5.79. The van der Waals surface area contributed by atoms with E-state index in [9.17, 15) is 4.79 Å². The first-order valence-corrected chi connectivity index (χ1v) is 8.89. The molecular formula is C20H20ClN3O3. The van der Waals surface area contributed by atoms with Gasteiger partial charge in [0.15, 0.2) is 6.10 Å². The highest BCUT2D eigenvalue weighted by molar-refractivity contribution is 6.30. The second kappa shape index (κ2) is 8.22. The fraction of sp³-hybridized carbons (Fsp3) is 0.250. The highest BCUT2D eigenvalue weighted by atomic mass is 35.5. The molecule has 0 saturated carbocycles. The Labute approximate surface area is 162 Å². The lowest BCUT2D eigenvalue weighted by atomic mass is 10.1. The summed E-state index contributed by atoms with van der Waals surface area (Å²) < 4.78 is 10.9. The van der Waals surface area contributed by atoms with E-state index in [1.54, 1.807) is 31.2 Å². The SMILES string of the molecule is Cc1cc(C)cc(O[C@@H](C)C(=O)NCc2nc(-c3ccc(Cl)cc3)no2)c1. The first-order valence-electron chi connectivity index (χ1n) is 8.52. The molecule has 1 aromatic heterocycles. The van der Waals surface area contributed by atoms with Gasteiger partial charge in [-0.05, 0) is 68.3 Å². The Morgan fingerprint density at radius 1 is 1.19 bits per heavy atom. The molecule has 7 heteroatoms. The molecule has 6 nitrogen and oxygen atoms in total. The van der Waals surface area contributed by atoms with Crippen molar-refractivity contribution in [3.05, 3.63) is 64.5 Å². The number of hydrogen-bond acceptors (Lipinski definition) is 5. The summed E-state index contributed by atoms with van der Waals surface area (Å²) in [6.07, 6.45) is -0.648. The van der Waals surface area contributed by atoms with Gasteiger partial charge in [-0.3, -0.25) is 4.79 Å². The van der Waals surface area contributed by atoms with E-state index in [4.69, 9.17) is 20.9 Å². The van der Waals surface area contributed by atoms with Crippen LogP contribution < -0.4 is 10.1 Å². The summed E-state index contributed by atoms with van der Waals surface area (Å²) in [6, 6.07) is 12.9. The van der Waals surface area contributed by atoms with Crippen molar-refractivity contribution in [2.24, 2.45) is 0 Å². The molecule has 1 heterocycles. The molecule has 0 radical (unpaired) electrons. The zero-order chi connectivity index (χ0) is 19.4. The summed E-state index contributed by atoms with van der Waals surface area (Å²) >= 11 is 5.87. The van der Waals surface area contributed by atoms with Gasteiger partial charge in [0.25, 0.3) is 5.91 Å². The summed E-state index contributed by atoms with van der Waals surface area (Å²) in [7, 11) is 0. The maximum absolute atomic E-state index is 12.3. The lowest BCUT2D eigenvalue weighted by molar-refractivity contribution is -0.127. The van der Waals surface area contributed by atoms with Crippen LogP contribution in [-0.4, -0.2) is 22.2 Å². The zero-order valence-corrected chi connectivity index (χ0v) is 16.1. The summed E-state index contributed by atoms with van der Waals surface area (Å²) in [5.41, 5.74) is 2.95. The Hall–Kier alpha value is -2.86. The van der Waals surface area contributed by atoms with E-state index in [2.05, 4.69) is 15.5 Å². The maximum Gasteiger partial charge on any atom is 0.261 e. The van der Waals surface area contributed by atoms with E-state index in [-0.39, 0.29) is 12.5 Å². The second-order valence-electron chi connectivity index (χ2n) is 6.32. The van der Waals surface area contributed by atoms with Gasteiger partial charge in [-0.1, -0.05) is 22.8 Å². The molecule has 1 N–H and O–H groups in total. The number of benzene rings is 2. The third-order valence-electron chi connectivity index (χ3n) is 3.86. The minimum Gasteiger partial charge on any atom is -0.481 e. The highest BCUT2D eigenvalue weighted by Gasteiger charge is 2.16. The Kier molecular flexibility index (Phi) is 5.76. The molecule has 0 bridgehead atoms. The largest absolute Gasteiger partial charge is 0.481 e. The van der Waals surface area contributed by atoms with Gasteiger partial charge in [-0.15, -0.1) is 0 Å². The summed E-state index contributed by atoms with van der Waals surface area (Å²) in [4.78, 5) is 16.5. The molecule has 27 heavy (non-hydrogen) atoms. The minimum atomic E-state index is -0.648. The molecule has 0 fully saturated rings. The van der Waals surface area contributed by atoms with Crippen LogP contribution in [0.25, 0.3) is 11.4 Å². The van der Waals surface area contributed by atoms with Crippen molar-refractivity contribution in [3.63, 3.8) is 0 Å². The number of aryl methyl sites for hydroxylation is 2. The Balaban J connectivity index is 1.56. The average Bonchev–Trinajstić information content (AvgIpc) is 3.08. The first-order chi connectivity index (χ1) is 12.9. The molecule has 3 aromatic rings. The first kappa shape index (κ1) is 18.9. The van der Waals surface area contributed by atoms with Crippen LogP contribution in [0.3, 0.4) is 0 Å². The van der Waals surface area contributed by atoms with E-state index < -0.39 is 6.10 Å². The van der Waals surface area contributed by atoms with Gasteiger partial charge in [0, 0.05) is 10.6 Å². The van der Waals surface area contributed by atoms with E-state index in [0.29, 0.717) is 22.5 Å². The summed E-state index contributed by atoms with van der Waals surface area (Å²) in [5.74, 6) is 1.15. The van der Waals surface area contributed by atoms with Crippen LogP contribution in [0.15, 0.2) is 47.0 Å². The molecule has 0 unspecified atom stereocenters. The van der Waals surface area contributed by atoms with Crippen molar-refractivity contribution in [2.75, 3.05) is 0 Å². The fourth-order valence-corrected chi connectivity index (χ4v) is 2.73. The van der Waals surface area contributed by atoms with Crippen molar-refractivity contribution in [1.82, 2.24) is 15.5 Å². The Morgan fingerprint density at radius 2 is 1.85 bits per heavy atom. The van der Waals surface area contributed by atoms with Crippen LogP contribution >= 0.6 is 11.6 Å². The van der Waals surface area contributed by atoms with Crippen LogP contribution in [0, 0.1) is 13.8 Å². The molecule has 0 aliphatic rings. The van der Waals surface area contributed by atoms with Crippen molar-refractivity contribution < 1.29 is 14.1 Å². The average molecular weight is 386 g/mol. The van der Waals surface area contributed by atoms with Gasteiger partial charge in [-0.2, -0.15) is 4.98 Å². The van der Waals surface area contributed by atoms with Crippen LogP contribution in [0.4, 0.5) is 0 Å². The molecule has 0 aliphatic carbocycles.